The minimum Gasteiger partial charge on any atom is -0.481 e. The van der Waals surface area contributed by atoms with Gasteiger partial charge in [0.15, 0.2) is 5.78 Å². The Labute approximate surface area is 141 Å². The summed E-state index contributed by atoms with van der Waals surface area (Å²) in [4.78, 5) is 35.2. The Kier molecular flexibility index (Phi) is 4.97. The van der Waals surface area contributed by atoms with Gasteiger partial charge in [-0.2, -0.15) is 0 Å². The van der Waals surface area contributed by atoms with Crippen molar-refractivity contribution in [2.24, 2.45) is 5.92 Å². The molecule has 0 unspecified atom stereocenters. The highest BCUT2D eigenvalue weighted by molar-refractivity contribution is 5.98. The molecule has 0 saturated heterocycles. The second-order valence-electron chi connectivity index (χ2n) is 6.87. The van der Waals surface area contributed by atoms with E-state index < -0.39 is 5.97 Å². The van der Waals surface area contributed by atoms with E-state index in [9.17, 15) is 14.4 Å². The SMILES string of the molecule is O=C(CCC(=O)c1ccc2c(c1)CCC2)N[C@H]1CC[C@@H](C(=O)O)C1. The molecule has 1 aromatic carbocycles. The standard InChI is InChI=1S/C19H23NO4/c21-17(14-5-4-12-2-1-3-13(12)10-14)8-9-18(22)20-16-7-6-15(11-16)19(23)24/h4-5,10,15-16H,1-3,6-9,11H2,(H,20,22)(H,23,24)/t15-,16+/m1/s1. The average Bonchev–Trinajstić information content (AvgIpc) is 3.20. The summed E-state index contributed by atoms with van der Waals surface area (Å²) in [5.41, 5.74) is 3.28. The van der Waals surface area contributed by atoms with Crippen LogP contribution in [0.4, 0.5) is 0 Å². The Morgan fingerprint density at radius 3 is 2.62 bits per heavy atom. The lowest BCUT2D eigenvalue weighted by Gasteiger charge is -2.12. The van der Waals surface area contributed by atoms with Crippen molar-refractivity contribution in [3.05, 3.63) is 34.9 Å². The summed E-state index contributed by atoms with van der Waals surface area (Å²) in [6, 6.07) is 5.78. The number of nitrogens with one attached hydrogen (secondary N) is 1. The molecule has 3 rings (SSSR count). The third kappa shape index (κ3) is 3.83. The molecule has 0 spiro atoms. The van der Waals surface area contributed by atoms with Crippen molar-refractivity contribution in [2.45, 2.75) is 57.4 Å². The molecule has 0 aromatic heterocycles. The molecule has 5 heteroatoms. The fourth-order valence-corrected chi connectivity index (χ4v) is 3.75. The van der Waals surface area contributed by atoms with Crippen LogP contribution >= 0.6 is 0 Å². The molecule has 5 nitrogen and oxygen atoms in total. The number of carbonyl (C=O) groups excluding carboxylic acids is 2. The van der Waals surface area contributed by atoms with Gasteiger partial charge in [-0.25, -0.2) is 0 Å². The molecule has 2 aliphatic carbocycles. The number of carbonyl (C=O) groups is 3. The van der Waals surface area contributed by atoms with E-state index in [-0.39, 0.29) is 36.5 Å². The fraction of sp³-hybridized carbons (Fsp3) is 0.526. The lowest BCUT2D eigenvalue weighted by Crippen LogP contribution is -2.33. The van der Waals surface area contributed by atoms with E-state index in [1.165, 1.54) is 11.1 Å². The topological polar surface area (TPSA) is 83.5 Å². The van der Waals surface area contributed by atoms with Gasteiger partial charge in [-0.05, 0) is 55.7 Å². The zero-order chi connectivity index (χ0) is 17.1. The van der Waals surface area contributed by atoms with Gasteiger partial charge < -0.3 is 10.4 Å². The highest BCUT2D eigenvalue weighted by atomic mass is 16.4. The van der Waals surface area contributed by atoms with Crippen molar-refractivity contribution in [1.82, 2.24) is 5.32 Å². The number of carboxylic acid groups (broad SMARTS) is 1. The van der Waals surface area contributed by atoms with Crippen LogP contribution in [0.25, 0.3) is 0 Å². The third-order valence-electron chi connectivity index (χ3n) is 5.15. The molecule has 1 amide bonds. The molecule has 1 aromatic rings. The lowest BCUT2D eigenvalue weighted by molar-refractivity contribution is -0.141. The van der Waals surface area contributed by atoms with Gasteiger partial charge in [-0.15, -0.1) is 0 Å². The van der Waals surface area contributed by atoms with Crippen LogP contribution in [0.2, 0.25) is 0 Å². The summed E-state index contributed by atoms with van der Waals surface area (Å²) in [5.74, 6) is -1.32. The maximum absolute atomic E-state index is 12.3. The molecule has 1 saturated carbocycles. The van der Waals surface area contributed by atoms with Crippen LogP contribution in [0.5, 0.6) is 0 Å². The van der Waals surface area contributed by atoms with Crippen molar-refractivity contribution in [3.63, 3.8) is 0 Å². The highest BCUT2D eigenvalue weighted by Crippen LogP contribution is 2.26. The summed E-state index contributed by atoms with van der Waals surface area (Å²) in [5, 5.41) is 11.8. The van der Waals surface area contributed by atoms with Gasteiger partial charge in [0.1, 0.15) is 0 Å². The Hall–Kier alpha value is -2.17. The molecule has 2 aliphatic rings. The first-order valence-electron chi connectivity index (χ1n) is 8.70. The number of amides is 1. The van der Waals surface area contributed by atoms with Crippen LogP contribution in [0.3, 0.4) is 0 Å². The molecular formula is C19H23NO4. The van der Waals surface area contributed by atoms with Crippen molar-refractivity contribution in [1.29, 1.82) is 0 Å². The Balaban J connectivity index is 1.46. The molecule has 1 fully saturated rings. The van der Waals surface area contributed by atoms with E-state index in [0.717, 1.165) is 19.3 Å². The number of hydrogen-bond donors (Lipinski definition) is 2. The van der Waals surface area contributed by atoms with Crippen LogP contribution in [0.1, 0.15) is 60.0 Å². The highest BCUT2D eigenvalue weighted by Gasteiger charge is 2.30. The summed E-state index contributed by atoms with van der Waals surface area (Å²) < 4.78 is 0. The number of aryl methyl sites for hydroxylation is 2. The number of carboxylic acids is 1. The number of benzene rings is 1. The fourth-order valence-electron chi connectivity index (χ4n) is 3.75. The van der Waals surface area contributed by atoms with Crippen molar-refractivity contribution in [3.8, 4) is 0 Å². The van der Waals surface area contributed by atoms with Crippen LogP contribution in [-0.4, -0.2) is 28.8 Å². The maximum Gasteiger partial charge on any atom is 0.306 e. The molecule has 24 heavy (non-hydrogen) atoms. The normalized spacial score (nSPS) is 22.2. The summed E-state index contributed by atoms with van der Waals surface area (Å²) in [7, 11) is 0. The van der Waals surface area contributed by atoms with E-state index in [1.54, 1.807) is 0 Å². The largest absolute Gasteiger partial charge is 0.481 e. The third-order valence-corrected chi connectivity index (χ3v) is 5.15. The van der Waals surface area contributed by atoms with E-state index in [2.05, 4.69) is 5.32 Å². The molecular weight excluding hydrogens is 306 g/mol. The van der Waals surface area contributed by atoms with Crippen molar-refractivity contribution in [2.75, 3.05) is 0 Å². The second-order valence-corrected chi connectivity index (χ2v) is 6.87. The Morgan fingerprint density at radius 1 is 1.08 bits per heavy atom. The zero-order valence-corrected chi connectivity index (χ0v) is 13.7. The van der Waals surface area contributed by atoms with Crippen molar-refractivity contribution >= 4 is 17.7 Å². The van der Waals surface area contributed by atoms with Gasteiger partial charge in [-0.1, -0.05) is 12.1 Å². The number of ketones is 1. The van der Waals surface area contributed by atoms with Gasteiger partial charge in [0.25, 0.3) is 0 Å². The van der Waals surface area contributed by atoms with E-state index in [4.69, 9.17) is 5.11 Å². The second kappa shape index (κ2) is 7.16. The number of fused-ring (bicyclic) bond motifs is 1. The number of Topliss-reactive ketones (excluding diaryl/α,β-unsaturated/α-hetero) is 1. The predicted octanol–water partition coefficient (Wildman–Crippen LogP) is 2.51. The van der Waals surface area contributed by atoms with Gasteiger partial charge >= 0.3 is 5.97 Å². The van der Waals surface area contributed by atoms with Gasteiger partial charge in [0, 0.05) is 24.4 Å². The first kappa shape index (κ1) is 16.7. The predicted molar refractivity (Wildman–Crippen MR) is 88.9 cm³/mol. The summed E-state index contributed by atoms with van der Waals surface area (Å²) >= 11 is 0. The minimum atomic E-state index is -0.793. The molecule has 0 heterocycles. The van der Waals surface area contributed by atoms with Crippen molar-refractivity contribution < 1.29 is 19.5 Å². The molecule has 0 radical (unpaired) electrons. The van der Waals surface area contributed by atoms with Crippen LogP contribution < -0.4 is 5.32 Å². The zero-order valence-electron chi connectivity index (χ0n) is 13.7. The average molecular weight is 329 g/mol. The van der Waals surface area contributed by atoms with Crippen LogP contribution in [-0.2, 0) is 22.4 Å². The first-order valence-corrected chi connectivity index (χ1v) is 8.70. The molecule has 0 bridgehead atoms. The van der Waals surface area contributed by atoms with E-state index in [0.29, 0.717) is 24.8 Å². The van der Waals surface area contributed by atoms with E-state index >= 15 is 0 Å². The first-order chi connectivity index (χ1) is 11.5. The Bertz CT molecular complexity index is 667. The smallest absolute Gasteiger partial charge is 0.306 e. The lowest BCUT2D eigenvalue weighted by atomic mass is 10.0. The summed E-state index contributed by atoms with van der Waals surface area (Å²) in [6.45, 7) is 0. The quantitative estimate of drug-likeness (QED) is 0.786. The Morgan fingerprint density at radius 2 is 1.88 bits per heavy atom. The van der Waals surface area contributed by atoms with Gasteiger partial charge in [0.05, 0.1) is 5.92 Å². The maximum atomic E-state index is 12.3. The van der Waals surface area contributed by atoms with Gasteiger partial charge in [0.2, 0.25) is 5.91 Å². The minimum absolute atomic E-state index is 0.00492. The number of aliphatic carboxylic acids is 1. The molecule has 0 aliphatic heterocycles. The molecule has 2 N–H and O–H groups in total. The van der Waals surface area contributed by atoms with Crippen LogP contribution in [0, 0.1) is 5.92 Å². The monoisotopic (exact) mass is 329 g/mol. The van der Waals surface area contributed by atoms with Gasteiger partial charge in [-0.3, -0.25) is 14.4 Å². The molecule has 2 atom stereocenters. The van der Waals surface area contributed by atoms with Crippen LogP contribution in [0.15, 0.2) is 18.2 Å². The summed E-state index contributed by atoms with van der Waals surface area (Å²) in [6.07, 6.45) is 5.40. The molecule has 128 valence electrons. The number of rotatable bonds is 6. The van der Waals surface area contributed by atoms with E-state index in [1.807, 2.05) is 18.2 Å². The number of hydrogen-bond acceptors (Lipinski definition) is 3.